The van der Waals surface area contributed by atoms with Crippen molar-refractivity contribution in [1.29, 1.82) is 0 Å². The number of methoxy groups -OCH3 is 1. The van der Waals surface area contributed by atoms with E-state index in [4.69, 9.17) is 4.74 Å². The molecule has 2 aromatic rings. The molecule has 110 valence electrons. The van der Waals surface area contributed by atoms with Gasteiger partial charge in [0.2, 0.25) is 0 Å². The summed E-state index contributed by atoms with van der Waals surface area (Å²) >= 11 is 3.50. The molecule has 0 spiro atoms. The van der Waals surface area contributed by atoms with Crippen LogP contribution in [0.25, 0.3) is 0 Å². The van der Waals surface area contributed by atoms with Gasteiger partial charge in [-0.15, -0.1) is 23.1 Å². The van der Waals surface area contributed by atoms with Crippen molar-refractivity contribution in [2.45, 2.75) is 5.37 Å². The maximum Gasteiger partial charge on any atom is 0.323 e. The summed E-state index contributed by atoms with van der Waals surface area (Å²) in [4.78, 5) is 15.6. The van der Waals surface area contributed by atoms with Crippen molar-refractivity contribution < 1.29 is 9.53 Å². The molecule has 6 heteroatoms. The fraction of sp³-hybridized carbons (Fsp3) is 0.267. The summed E-state index contributed by atoms with van der Waals surface area (Å²) in [5.41, 5.74) is 0.751. The minimum absolute atomic E-state index is 0.0633. The number of carbonyl (C=O) groups excluding carboxylic acids is 1. The van der Waals surface area contributed by atoms with Crippen LogP contribution in [0.5, 0.6) is 5.75 Å². The monoisotopic (exact) mass is 320 g/mol. The molecule has 1 atom stereocenters. The molecule has 0 bridgehead atoms. The van der Waals surface area contributed by atoms with E-state index >= 15 is 0 Å². The van der Waals surface area contributed by atoms with Crippen molar-refractivity contribution in [1.82, 2.24) is 4.90 Å². The molecule has 21 heavy (non-hydrogen) atoms. The van der Waals surface area contributed by atoms with Crippen LogP contribution in [-0.2, 0) is 0 Å². The number of nitrogens with zero attached hydrogens (tertiary/aromatic N) is 1. The number of benzene rings is 1. The maximum atomic E-state index is 12.5. The third-order valence-corrected chi connectivity index (χ3v) is 5.58. The Morgan fingerprint density at radius 3 is 3.05 bits per heavy atom. The summed E-state index contributed by atoms with van der Waals surface area (Å²) in [6, 6.07) is 11.5. The molecule has 0 radical (unpaired) electrons. The van der Waals surface area contributed by atoms with E-state index < -0.39 is 0 Å². The van der Waals surface area contributed by atoms with Crippen molar-refractivity contribution >= 4 is 34.8 Å². The third-order valence-electron chi connectivity index (χ3n) is 3.26. The number of amides is 2. The lowest BCUT2D eigenvalue weighted by Crippen LogP contribution is -2.34. The number of nitrogens with one attached hydrogen (secondary N) is 1. The largest absolute Gasteiger partial charge is 0.497 e. The lowest BCUT2D eigenvalue weighted by Gasteiger charge is -2.23. The van der Waals surface area contributed by atoms with Crippen LogP contribution in [0.15, 0.2) is 41.8 Å². The van der Waals surface area contributed by atoms with Gasteiger partial charge in [-0.1, -0.05) is 12.1 Å². The highest BCUT2D eigenvalue weighted by Crippen LogP contribution is 2.40. The SMILES string of the molecule is COc1cccc(NC(=O)N2CCS[C@@H]2c2cccs2)c1. The summed E-state index contributed by atoms with van der Waals surface area (Å²) in [6.45, 7) is 0.767. The van der Waals surface area contributed by atoms with Gasteiger partial charge in [-0.2, -0.15) is 0 Å². The Morgan fingerprint density at radius 2 is 2.29 bits per heavy atom. The highest BCUT2D eigenvalue weighted by molar-refractivity contribution is 7.99. The van der Waals surface area contributed by atoms with Crippen molar-refractivity contribution in [2.75, 3.05) is 24.7 Å². The Balaban J connectivity index is 1.72. The number of hydrogen-bond donors (Lipinski definition) is 1. The molecular formula is C15H16N2O2S2. The molecule has 0 aliphatic carbocycles. The fourth-order valence-corrected chi connectivity index (χ4v) is 4.48. The number of rotatable bonds is 3. The second kappa shape index (κ2) is 6.41. The average molecular weight is 320 g/mol. The van der Waals surface area contributed by atoms with Gasteiger partial charge in [0.1, 0.15) is 11.1 Å². The van der Waals surface area contributed by atoms with Crippen LogP contribution >= 0.6 is 23.1 Å². The predicted molar refractivity (Wildman–Crippen MR) is 88.2 cm³/mol. The van der Waals surface area contributed by atoms with Crippen LogP contribution < -0.4 is 10.1 Å². The van der Waals surface area contributed by atoms with E-state index in [9.17, 15) is 4.79 Å². The molecule has 2 amide bonds. The summed E-state index contributed by atoms with van der Waals surface area (Å²) in [6.07, 6.45) is 0. The second-order valence-electron chi connectivity index (χ2n) is 4.59. The first-order chi connectivity index (χ1) is 10.3. The molecule has 1 saturated heterocycles. The number of ether oxygens (including phenoxy) is 1. The molecule has 0 unspecified atom stereocenters. The number of hydrogen-bond acceptors (Lipinski definition) is 4. The molecule has 1 aliphatic rings. The zero-order valence-corrected chi connectivity index (χ0v) is 13.2. The van der Waals surface area contributed by atoms with Gasteiger partial charge in [-0.25, -0.2) is 4.79 Å². The minimum atomic E-state index is -0.0633. The van der Waals surface area contributed by atoms with Crippen LogP contribution in [0.2, 0.25) is 0 Å². The first-order valence-corrected chi connectivity index (χ1v) is 8.57. The Labute approximate surface area is 132 Å². The highest BCUT2D eigenvalue weighted by Gasteiger charge is 2.31. The molecule has 1 aliphatic heterocycles. The van der Waals surface area contributed by atoms with Gasteiger partial charge < -0.3 is 15.0 Å². The van der Waals surface area contributed by atoms with Gasteiger partial charge in [0.05, 0.1) is 7.11 Å². The second-order valence-corrected chi connectivity index (χ2v) is 6.76. The Hall–Kier alpha value is -1.66. The summed E-state index contributed by atoms with van der Waals surface area (Å²) in [5.74, 6) is 1.70. The van der Waals surface area contributed by atoms with Crippen molar-refractivity contribution in [3.05, 3.63) is 46.7 Å². The third kappa shape index (κ3) is 3.16. The summed E-state index contributed by atoms with van der Waals surface area (Å²) in [5, 5.41) is 5.12. The van der Waals surface area contributed by atoms with E-state index in [0.717, 1.165) is 23.7 Å². The fourth-order valence-electron chi connectivity index (χ4n) is 2.24. The van der Waals surface area contributed by atoms with E-state index in [0.29, 0.717) is 0 Å². The van der Waals surface area contributed by atoms with Crippen molar-refractivity contribution in [2.24, 2.45) is 0 Å². The van der Waals surface area contributed by atoms with E-state index in [1.807, 2.05) is 40.6 Å². The molecule has 1 aromatic heterocycles. The molecule has 0 saturated carbocycles. The first-order valence-electron chi connectivity index (χ1n) is 6.64. The van der Waals surface area contributed by atoms with Crippen LogP contribution in [0.3, 0.4) is 0 Å². The van der Waals surface area contributed by atoms with Crippen LogP contribution in [0, 0.1) is 0 Å². The van der Waals surface area contributed by atoms with E-state index in [-0.39, 0.29) is 11.4 Å². The Kier molecular flexibility index (Phi) is 4.36. The van der Waals surface area contributed by atoms with Gasteiger partial charge in [0.15, 0.2) is 0 Å². The molecule has 2 heterocycles. The number of urea groups is 1. The number of thiophene rings is 1. The van der Waals surface area contributed by atoms with Crippen molar-refractivity contribution in [3.63, 3.8) is 0 Å². The quantitative estimate of drug-likeness (QED) is 0.928. The van der Waals surface area contributed by atoms with Gasteiger partial charge in [0.25, 0.3) is 0 Å². The normalized spacial score (nSPS) is 17.8. The van der Waals surface area contributed by atoms with Gasteiger partial charge in [-0.3, -0.25) is 0 Å². The number of thioether (sulfide) groups is 1. The predicted octanol–water partition coefficient (Wildman–Crippen LogP) is 4.04. The zero-order chi connectivity index (χ0) is 14.7. The standard InChI is InChI=1S/C15H16N2O2S2/c1-19-12-5-2-4-11(10-12)16-15(18)17-7-9-21-14(17)13-6-3-8-20-13/h2-6,8,10,14H,7,9H2,1H3,(H,16,18)/t14-/m1/s1. The molecule has 1 N–H and O–H groups in total. The Bertz CT molecular complexity index is 616. The van der Waals surface area contributed by atoms with E-state index in [2.05, 4.69) is 11.4 Å². The van der Waals surface area contributed by atoms with Gasteiger partial charge in [-0.05, 0) is 23.6 Å². The van der Waals surface area contributed by atoms with Crippen LogP contribution in [0.4, 0.5) is 10.5 Å². The lowest BCUT2D eigenvalue weighted by molar-refractivity contribution is 0.215. The Morgan fingerprint density at radius 1 is 1.38 bits per heavy atom. The smallest absolute Gasteiger partial charge is 0.323 e. The lowest BCUT2D eigenvalue weighted by atomic mass is 10.3. The number of anilines is 1. The van der Waals surface area contributed by atoms with Crippen LogP contribution in [-0.4, -0.2) is 30.3 Å². The van der Waals surface area contributed by atoms with Crippen molar-refractivity contribution in [3.8, 4) is 5.75 Å². The summed E-state index contributed by atoms with van der Waals surface area (Å²) in [7, 11) is 1.62. The van der Waals surface area contributed by atoms with E-state index in [1.54, 1.807) is 30.2 Å². The minimum Gasteiger partial charge on any atom is -0.497 e. The topological polar surface area (TPSA) is 41.6 Å². The average Bonchev–Trinajstić information content (AvgIpc) is 3.18. The highest BCUT2D eigenvalue weighted by atomic mass is 32.2. The van der Waals surface area contributed by atoms with Crippen LogP contribution in [0.1, 0.15) is 10.3 Å². The van der Waals surface area contributed by atoms with Gasteiger partial charge >= 0.3 is 6.03 Å². The zero-order valence-electron chi connectivity index (χ0n) is 11.6. The molecule has 1 fully saturated rings. The van der Waals surface area contributed by atoms with E-state index in [1.165, 1.54) is 4.88 Å². The molecule has 4 nitrogen and oxygen atoms in total. The summed E-state index contributed by atoms with van der Waals surface area (Å²) < 4.78 is 5.17. The molecule has 3 rings (SSSR count). The molecular weight excluding hydrogens is 304 g/mol. The molecule has 1 aromatic carbocycles. The van der Waals surface area contributed by atoms with Gasteiger partial charge in [0, 0.05) is 28.9 Å². The number of carbonyl (C=O) groups is 1. The first kappa shape index (κ1) is 14.3. The maximum absolute atomic E-state index is 12.5.